The summed E-state index contributed by atoms with van der Waals surface area (Å²) in [6.45, 7) is 2.96. The van der Waals surface area contributed by atoms with Crippen LogP contribution in [0.4, 0.5) is 0 Å². The third kappa shape index (κ3) is 2.85. The number of para-hydroxylation sites is 1. The molecule has 0 aliphatic rings. The van der Waals surface area contributed by atoms with Gasteiger partial charge in [-0.15, -0.1) is 0 Å². The molecule has 19 heavy (non-hydrogen) atoms. The molecular weight excluding hydrogens is 240 g/mol. The number of hydrogen-bond acceptors (Lipinski definition) is 4. The quantitative estimate of drug-likeness (QED) is 0.895. The molecule has 0 aliphatic heterocycles. The Morgan fingerprint density at radius 1 is 1.21 bits per heavy atom. The van der Waals surface area contributed by atoms with Gasteiger partial charge in [0.1, 0.15) is 11.5 Å². The number of ether oxygens (including phenoxy) is 2. The Hall–Kier alpha value is -2.07. The molecule has 2 rings (SSSR count). The first-order valence-corrected chi connectivity index (χ1v) is 6.25. The molecule has 2 N–H and O–H groups in total. The van der Waals surface area contributed by atoms with Crippen LogP contribution in [0, 0.1) is 0 Å². The first-order chi connectivity index (χ1) is 9.30. The summed E-state index contributed by atoms with van der Waals surface area (Å²) in [5.74, 6) is 1.53. The monoisotopic (exact) mass is 258 g/mol. The second-order valence-corrected chi connectivity index (χ2v) is 4.01. The van der Waals surface area contributed by atoms with Gasteiger partial charge in [0.25, 0.3) is 0 Å². The minimum Gasteiger partial charge on any atom is -0.496 e. The van der Waals surface area contributed by atoms with Crippen LogP contribution in [0.1, 0.15) is 12.5 Å². The Morgan fingerprint density at radius 3 is 2.68 bits per heavy atom. The summed E-state index contributed by atoms with van der Waals surface area (Å²) < 4.78 is 10.9. The number of rotatable bonds is 5. The van der Waals surface area contributed by atoms with Crippen molar-refractivity contribution in [1.82, 2.24) is 4.98 Å². The summed E-state index contributed by atoms with van der Waals surface area (Å²) in [6.07, 6.45) is 1.72. The third-order valence-electron chi connectivity index (χ3n) is 2.85. The third-order valence-corrected chi connectivity index (χ3v) is 2.85. The fraction of sp³-hybridized carbons (Fsp3) is 0.267. The average Bonchev–Trinajstić information content (AvgIpc) is 2.48. The van der Waals surface area contributed by atoms with Crippen LogP contribution in [0.25, 0.3) is 11.3 Å². The lowest BCUT2D eigenvalue weighted by Crippen LogP contribution is -2.03. The topological polar surface area (TPSA) is 57.4 Å². The van der Waals surface area contributed by atoms with E-state index < -0.39 is 0 Å². The smallest absolute Gasteiger partial charge is 0.142 e. The zero-order valence-corrected chi connectivity index (χ0v) is 11.2. The van der Waals surface area contributed by atoms with Gasteiger partial charge in [-0.2, -0.15) is 0 Å². The molecular formula is C15H18N2O2. The fourth-order valence-electron chi connectivity index (χ4n) is 1.93. The predicted octanol–water partition coefficient (Wildman–Crippen LogP) is 2.61. The molecule has 1 aromatic heterocycles. The zero-order chi connectivity index (χ0) is 13.7. The zero-order valence-electron chi connectivity index (χ0n) is 11.2. The van der Waals surface area contributed by atoms with Gasteiger partial charge in [-0.3, -0.25) is 4.98 Å². The number of nitrogens with two attached hydrogens (primary N) is 1. The molecule has 0 aliphatic carbocycles. The normalized spacial score (nSPS) is 10.3. The van der Waals surface area contributed by atoms with E-state index in [1.165, 1.54) is 0 Å². The van der Waals surface area contributed by atoms with Gasteiger partial charge in [0, 0.05) is 17.7 Å². The molecule has 4 heteroatoms. The number of methoxy groups -OCH3 is 1. The summed E-state index contributed by atoms with van der Waals surface area (Å²) in [5.41, 5.74) is 8.48. The van der Waals surface area contributed by atoms with Gasteiger partial charge in [0.2, 0.25) is 0 Å². The van der Waals surface area contributed by atoms with Crippen molar-refractivity contribution >= 4 is 0 Å². The molecule has 4 nitrogen and oxygen atoms in total. The fourth-order valence-corrected chi connectivity index (χ4v) is 1.93. The number of hydrogen-bond donors (Lipinski definition) is 1. The molecule has 0 radical (unpaired) electrons. The maximum Gasteiger partial charge on any atom is 0.142 e. The van der Waals surface area contributed by atoms with Crippen LogP contribution in [0.3, 0.4) is 0 Å². The SMILES string of the molecule is CCOc1cnc(-c2ccccc2OC)cc1CN. The minimum absolute atomic E-state index is 0.417. The van der Waals surface area contributed by atoms with Gasteiger partial charge >= 0.3 is 0 Å². The average molecular weight is 258 g/mol. The molecule has 0 unspecified atom stereocenters. The lowest BCUT2D eigenvalue weighted by atomic mass is 10.1. The Kier molecular flexibility index (Phi) is 4.36. The highest BCUT2D eigenvalue weighted by Gasteiger charge is 2.10. The van der Waals surface area contributed by atoms with Crippen LogP contribution in [-0.2, 0) is 6.54 Å². The van der Waals surface area contributed by atoms with E-state index >= 15 is 0 Å². The Labute approximate surface area is 113 Å². The highest BCUT2D eigenvalue weighted by Crippen LogP contribution is 2.30. The van der Waals surface area contributed by atoms with Gasteiger partial charge in [0.15, 0.2) is 0 Å². The predicted molar refractivity (Wildman–Crippen MR) is 75.3 cm³/mol. The largest absolute Gasteiger partial charge is 0.496 e. The van der Waals surface area contributed by atoms with E-state index in [9.17, 15) is 0 Å². The molecule has 100 valence electrons. The molecule has 0 saturated carbocycles. The van der Waals surface area contributed by atoms with E-state index in [0.29, 0.717) is 13.2 Å². The summed E-state index contributed by atoms with van der Waals surface area (Å²) in [4.78, 5) is 4.42. The lowest BCUT2D eigenvalue weighted by molar-refractivity contribution is 0.335. The van der Waals surface area contributed by atoms with Crippen LogP contribution in [-0.4, -0.2) is 18.7 Å². The highest BCUT2D eigenvalue weighted by atomic mass is 16.5. The summed E-state index contributed by atoms with van der Waals surface area (Å²) in [6, 6.07) is 9.72. The van der Waals surface area contributed by atoms with Crippen molar-refractivity contribution in [2.75, 3.05) is 13.7 Å². The molecule has 0 saturated heterocycles. The van der Waals surface area contributed by atoms with Crippen LogP contribution in [0.5, 0.6) is 11.5 Å². The van der Waals surface area contributed by atoms with E-state index in [1.807, 2.05) is 37.3 Å². The lowest BCUT2D eigenvalue weighted by Gasteiger charge is -2.12. The van der Waals surface area contributed by atoms with Crippen molar-refractivity contribution in [2.24, 2.45) is 5.73 Å². The Balaban J connectivity index is 2.45. The van der Waals surface area contributed by atoms with Gasteiger partial charge in [-0.1, -0.05) is 12.1 Å². The van der Waals surface area contributed by atoms with Crippen LogP contribution < -0.4 is 15.2 Å². The first-order valence-electron chi connectivity index (χ1n) is 6.25. The van der Waals surface area contributed by atoms with Crippen molar-refractivity contribution in [3.8, 4) is 22.8 Å². The van der Waals surface area contributed by atoms with Crippen molar-refractivity contribution in [1.29, 1.82) is 0 Å². The van der Waals surface area contributed by atoms with E-state index in [0.717, 1.165) is 28.3 Å². The van der Waals surface area contributed by atoms with Crippen LogP contribution in [0.15, 0.2) is 36.5 Å². The van der Waals surface area contributed by atoms with Crippen molar-refractivity contribution < 1.29 is 9.47 Å². The standard InChI is InChI=1S/C15H18N2O2/c1-3-19-15-10-17-13(8-11(15)9-16)12-6-4-5-7-14(12)18-2/h4-8,10H,3,9,16H2,1-2H3. The van der Waals surface area contributed by atoms with Gasteiger partial charge < -0.3 is 15.2 Å². The van der Waals surface area contributed by atoms with E-state index in [1.54, 1.807) is 13.3 Å². The second-order valence-electron chi connectivity index (χ2n) is 4.01. The van der Waals surface area contributed by atoms with Gasteiger partial charge in [-0.05, 0) is 25.1 Å². The van der Waals surface area contributed by atoms with Crippen LogP contribution in [0.2, 0.25) is 0 Å². The van der Waals surface area contributed by atoms with Crippen molar-refractivity contribution in [2.45, 2.75) is 13.5 Å². The summed E-state index contributed by atoms with van der Waals surface area (Å²) in [7, 11) is 1.65. The Morgan fingerprint density at radius 2 is 2.00 bits per heavy atom. The second kappa shape index (κ2) is 6.20. The number of pyridine rings is 1. The molecule has 0 spiro atoms. The number of nitrogens with zero attached hydrogens (tertiary/aromatic N) is 1. The number of aromatic nitrogens is 1. The summed E-state index contributed by atoms with van der Waals surface area (Å²) in [5, 5.41) is 0. The van der Waals surface area contributed by atoms with Gasteiger partial charge in [-0.25, -0.2) is 0 Å². The van der Waals surface area contributed by atoms with Crippen LogP contribution >= 0.6 is 0 Å². The molecule has 1 aromatic carbocycles. The van der Waals surface area contributed by atoms with E-state index in [-0.39, 0.29) is 0 Å². The number of benzene rings is 1. The molecule has 0 amide bonds. The Bertz CT molecular complexity index is 556. The molecule has 0 fully saturated rings. The highest BCUT2D eigenvalue weighted by molar-refractivity contribution is 5.68. The molecule has 0 atom stereocenters. The molecule has 0 bridgehead atoms. The van der Waals surface area contributed by atoms with E-state index in [2.05, 4.69) is 4.98 Å². The maximum atomic E-state index is 5.76. The van der Waals surface area contributed by atoms with Crippen molar-refractivity contribution in [3.05, 3.63) is 42.1 Å². The van der Waals surface area contributed by atoms with Crippen molar-refractivity contribution in [3.63, 3.8) is 0 Å². The first kappa shape index (κ1) is 13.4. The van der Waals surface area contributed by atoms with E-state index in [4.69, 9.17) is 15.2 Å². The molecule has 1 heterocycles. The summed E-state index contributed by atoms with van der Waals surface area (Å²) >= 11 is 0. The molecule has 2 aromatic rings. The maximum absolute atomic E-state index is 5.76. The van der Waals surface area contributed by atoms with Gasteiger partial charge in [0.05, 0.1) is 25.6 Å². The minimum atomic E-state index is 0.417.